The van der Waals surface area contributed by atoms with Crippen LogP contribution in [0.5, 0.6) is 0 Å². The predicted molar refractivity (Wildman–Crippen MR) is 64.6 cm³/mol. The van der Waals surface area contributed by atoms with E-state index < -0.39 is 11.3 Å². The minimum absolute atomic E-state index is 0.314. The Bertz CT molecular complexity index is 518. The molecule has 0 aliphatic carbocycles. The summed E-state index contributed by atoms with van der Waals surface area (Å²) in [6.45, 7) is 3.75. The molecule has 0 radical (unpaired) electrons. The van der Waals surface area contributed by atoms with Gasteiger partial charge >= 0.3 is 12.1 Å². The number of hydrogen-bond acceptors (Lipinski definition) is 2. The van der Waals surface area contributed by atoms with Gasteiger partial charge in [-0.15, -0.1) is 0 Å². The first-order valence-electron chi connectivity index (χ1n) is 5.73. The van der Waals surface area contributed by atoms with Gasteiger partial charge in [-0.05, 0) is 13.8 Å². The first-order valence-corrected chi connectivity index (χ1v) is 5.73. The molecule has 0 unspecified atom stereocenters. The average molecular weight is 246 g/mol. The largest absolute Gasteiger partial charge is 0.318 e. The molecule has 1 aromatic carbocycles. The molecule has 18 heavy (non-hydrogen) atoms. The number of aryl methyl sites for hydroxylation is 1. The number of carbonyl (C=O) groups is 2. The van der Waals surface area contributed by atoms with E-state index in [9.17, 15) is 9.59 Å². The molecule has 4 amide bonds. The van der Waals surface area contributed by atoms with E-state index in [1.165, 1.54) is 0 Å². The average Bonchev–Trinajstić information content (AvgIpc) is 2.63. The van der Waals surface area contributed by atoms with Gasteiger partial charge in [0.05, 0.1) is 0 Å². The standard InChI is InChI=1S/C12H14N4O2/c1-7-3-5-8(6-4-7)12-11(2,13-9(17)15-12)14-10(18)16-12/h3-6H,1-2H3,(H2,13,15,17)(H2,14,16,18)/t11-,12+. The first-order chi connectivity index (χ1) is 8.45. The van der Waals surface area contributed by atoms with Gasteiger partial charge in [0.15, 0.2) is 11.3 Å². The Labute approximate surface area is 104 Å². The van der Waals surface area contributed by atoms with Crippen LogP contribution < -0.4 is 21.3 Å². The molecule has 0 saturated carbocycles. The topological polar surface area (TPSA) is 82.3 Å². The van der Waals surface area contributed by atoms with Crippen LogP contribution in [0.1, 0.15) is 18.1 Å². The fourth-order valence-corrected chi connectivity index (χ4v) is 2.59. The third-order valence-electron chi connectivity index (χ3n) is 3.56. The van der Waals surface area contributed by atoms with Crippen LogP contribution in [0.3, 0.4) is 0 Å². The number of carbonyl (C=O) groups excluding carboxylic acids is 2. The predicted octanol–water partition coefficient (Wildman–Crippen LogP) is 0.490. The molecule has 2 saturated heterocycles. The van der Waals surface area contributed by atoms with Crippen LogP contribution in [0.15, 0.2) is 24.3 Å². The van der Waals surface area contributed by atoms with E-state index in [-0.39, 0.29) is 12.1 Å². The molecule has 3 rings (SSSR count). The fraction of sp³-hybridized carbons (Fsp3) is 0.333. The van der Waals surface area contributed by atoms with E-state index >= 15 is 0 Å². The summed E-state index contributed by atoms with van der Waals surface area (Å²) in [5, 5.41) is 11.0. The number of amides is 4. The summed E-state index contributed by atoms with van der Waals surface area (Å²) in [4.78, 5) is 23.2. The van der Waals surface area contributed by atoms with E-state index in [2.05, 4.69) is 21.3 Å². The number of rotatable bonds is 1. The fourth-order valence-electron chi connectivity index (χ4n) is 2.59. The summed E-state index contributed by atoms with van der Waals surface area (Å²) in [6, 6.07) is 7.05. The minimum atomic E-state index is -0.950. The smallest absolute Gasteiger partial charge is 0.311 e. The SMILES string of the molecule is Cc1ccc([C@]23NC(=O)N[C@@]2(C)NC(=O)N3)cc1. The van der Waals surface area contributed by atoms with Gasteiger partial charge in [-0.25, -0.2) is 9.59 Å². The van der Waals surface area contributed by atoms with Crippen LogP contribution in [0.4, 0.5) is 9.59 Å². The number of fused-ring (bicyclic) bond motifs is 1. The summed E-state index contributed by atoms with van der Waals surface area (Å²) >= 11 is 0. The lowest BCUT2D eigenvalue weighted by Crippen LogP contribution is -2.61. The van der Waals surface area contributed by atoms with Crippen molar-refractivity contribution in [3.05, 3.63) is 35.4 Å². The van der Waals surface area contributed by atoms with E-state index in [0.717, 1.165) is 11.1 Å². The quantitative estimate of drug-likeness (QED) is 0.581. The van der Waals surface area contributed by atoms with E-state index in [1.54, 1.807) is 6.92 Å². The molecule has 0 bridgehead atoms. The summed E-state index contributed by atoms with van der Waals surface area (Å²) in [6.07, 6.45) is 0. The Kier molecular flexibility index (Phi) is 1.91. The Hall–Kier alpha value is -2.24. The molecule has 2 fully saturated rings. The lowest BCUT2D eigenvalue weighted by molar-refractivity contribution is 0.228. The second-order valence-corrected chi connectivity index (χ2v) is 4.90. The summed E-state index contributed by atoms with van der Waals surface area (Å²) in [5.74, 6) is 0. The first kappa shape index (κ1) is 10.9. The molecule has 0 atom stereocenters. The highest BCUT2D eigenvalue weighted by Crippen LogP contribution is 2.35. The lowest BCUT2D eigenvalue weighted by Gasteiger charge is -2.34. The second kappa shape index (κ2) is 3.16. The maximum absolute atomic E-state index is 11.6. The lowest BCUT2D eigenvalue weighted by atomic mass is 9.89. The second-order valence-electron chi connectivity index (χ2n) is 4.90. The normalized spacial score (nSPS) is 33.2. The number of nitrogens with one attached hydrogen (secondary N) is 4. The van der Waals surface area contributed by atoms with Crippen molar-refractivity contribution < 1.29 is 9.59 Å². The van der Waals surface area contributed by atoms with E-state index in [0.29, 0.717) is 0 Å². The molecule has 2 heterocycles. The summed E-state index contributed by atoms with van der Waals surface area (Å²) < 4.78 is 0. The monoisotopic (exact) mass is 246 g/mol. The van der Waals surface area contributed by atoms with Crippen LogP contribution >= 0.6 is 0 Å². The van der Waals surface area contributed by atoms with E-state index in [4.69, 9.17) is 0 Å². The number of urea groups is 2. The van der Waals surface area contributed by atoms with Gasteiger partial charge in [0.1, 0.15) is 0 Å². The van der Waals surface area contributed by atoms with Crippen LogP contribution in [0.2, 0.25) is 0 Å². The van der Waals surface area contributed by atoms with Gasteiger partial charge < -0.3 is 21.3 Å². The molecule has 94 valence electrons. The Balaban J connectivity index is 2.13. The molecule has 1 aromatic rings. The van der Waals surface area contributed by atoms with Crippen molar-refractivity contribution in [1.82, 2.24) is 21.3 Å². The molecule has 0 spiro atoms. The van der Waals surface area contributed by atoms with Crippen molar-refractivity contribution in [2.45, 2.75) is 25.2 Å². The molecule has 6 heteroatoms. The van der Waals surface area contributed by atoms with Crippen molar-refractivity contribution in [2.75, 3.05) is 0 Å². The molecule has 2 aliphatic heterocycles. The van der Waals surface area contributed by atoms with Crippen molar-refractivity contribution >= 4 is 12.1 Å². The van der Waals surface area contributed by atoms with E-state index in [1.807, 2.05) is 31.2 Å². The van der Waals surface area contributed by atoms with Gasteiger partial charge in [0.2, 0.25) is 0 Å². The maximum atomic E-state index is 11.6. The molecule has 6 nitrogen and oxygen atoms in total. The Morgan fingerprint density at radius 2 is 1.39 bits per heavy atom. The molecular formula is C12H14N4O2. The van der Waals surface area contributed by atoms with Crippen LogP contribution in [0, 0.1) is 6.92 Å². The van der Waals surface area contributed by atoms with Crippen LogP contribution in [-0.2, 0) is 5.66 Å². The van der Waals surface area contributed by atoms with Gasteiger partial charge in [-0.1, -0.05) is 29.8 Å². The summed E-state index contributed by atoms with van der Waals surface area (Å²) in [7, 11) is 0. The summed E-state index contributed by atoms with van der Waals surface area (Å²) in [5.41, 5.74) is 0.115. The van der Waals surface area contributed by atoms with Crippen molar-refractivity contribution in [2.24, 2.45) is 0 Å². The van der Waals surface area contributed by atoms with Crippen molar-refractivity contribution in [1.29, 1.82) is 0 Å². The number of hydrogen-bond donors (Lipinski definition) is 4. The molecule has 0 aromatic heterocycles. The molecule has 4 N–H and O–H groups in total. The van der Waals surface area contributed by atoms with Gasteiger partial charge in [-0.2, -0.15) is 0 Å². The van der Waals surface area contributed by atoms with Gasteiger partial charge in [0, 0.05) is 5.56 Å². The molecule has 2 aliphatic rings. The minimum Gasteiger partial charge on any atom is -0.311 e. The Morgan fingerprint density at radius 1 is 0.889 bits per heavy atom. The highest BCUT2D eigenvalue weighted by molar-refractivity contribution is 5.88. The zero-order valence-corrected chi connectivity index (χ0v) is 10.1. The van der Waals surface area contributed by atoms with Crippen LogP contribution in [0.25, 0.3) is 0 Å². The van der Waals surface area contributed by atoms with Gasteiger partial charge in [-0.3, -0.25) is 0 Å². The highest BCUT2D eigenvalue weighted by atomic mass is 16.2. The maximum Gasteiger partial charge on any atom is 0.318 e. The van der Waals surface area contributed by atoms with Crippen LogP contribution in [-0.4, -0.2) is 17.7 Å². The Morgan fingerprint density at radius 3 is 1.89 bits per heavy atom. The third kappa shape index (κ3) is 1.23. The third-order valence-corrected chi connectivity index (χ3v) is 3.56. The highest BCUT2D eigenvalue weighted by Gasteiger charge is 2.62. The molecular weight excluding hydrogens is 232 g/mol. The zero-order valence-electron chi connectivity index (χ0n) is 10.1. The van der Waals surface area contributed by atoms with Crippen molar-refractivity contribution in [3.8, 4) is 0 Å². The van der Waals surface area contributed by atoms with Crippen molar-refractivity contribution in [3.63, 3.8) is 0 Å². The zero-order chi connectivity index (χ0) is 13.0. The van der Waals surface area contributed by atoms with Gasteiger partial charge in [0.25, 0.3) is 0 Å². The number of benzene rings is 1.